The minimum absolute atomic E-state index is 0.317. The Balaban J connectivity index is 2.07. The molecular weight excluding hydrogens is 210 g/mol. The summed E-state index contributed by atoms with van der Waals surface area (Å²) in [5.41, 5.74) is 9.05. The van der Waals surface area contributed by atoms with E-state index in [0.717, 1.165) is 13.0 Å². The Morgan fingerprint density at radius 3 is 3.06 bits per heavy atom. The van der Waals surface area contributed by atoms with Gasteiger partial charge < -0.3 is 10.3 Å². The molecular formula is C14H23N3. The van der Waals surface area contributed by atoms with Crippen molar-refractivity contribution in [3.05, 3.63) is 17.2 Å². The van der Waals surface area contributed by atoms with Crippen molar-refractivity contribution in [3.8, 4) is 0 Å². The van der Waals surface area contributed by atoms with Crippen molar-refractivity contribution in [3.63, 3.8) is 0 Å². The van der Waals surface area contributed by atoms with E-state index in [2.05, 4.69) is 18.4 Å². The van der Waals surface area contributed by atoms with Gasteiger partial charge in [0.05, 0.1) is 5.69 Å². The second-order valence-corrected chi connectivity index (χ2v) is 5.81. The topological polar surface area (TPSA) is 43.8 Å². The molecule has 1 aliphatic heterocycles. The van der Waals surface area contributed by atoms with Crippen LogP contribution in [0.15, 0.2) is 0 Å². The highest BCUT2D eigenvalue weighted by molar-refractivity contribution is 5.26. The quantitative estimate of drug-likeness (QED) is 0.810. The van der Waals surface area contributed by atoms with Crippen molar-refractivity contribution in [2.45, 2.75) is 70.4 Å². The van der Waals surface area contributed by atoms with Gasteiger partial charge >= 0.3 is 0 Å². The van der Waals surface area contributed by atoms with E-state index in [1.54, 1.807) is 0 Å². The van der Waals surface area contributed by atoms with Crippen molar-refractivity contribution in [1.29, 1.82) is 0 Å². The molecule has 0 fully saturated rings. The Hall–Kier alpha value is -0.830. The summed E-state index contributed by atoms with van der Waals surface area (Å²) in [5.74, 6) is 2.53. The molecule has 0 amide bonds. The summed E-state index contributed by atoms with van der Waals surface area (Å²) < 4.78 is 2.44. The van der Waals surface area contributed by atoms with Gasteiger partial charge in [0.2, 0.25) is 0 Å². The van der Waals surface area contributed by atoms with Crippen LogP contribution in [0.4, 0.5) is 0 Å². The van der Waals surface area contributed by atoms with Gasteiger partial charge in [-0.2, -0.15) is 0 Å². The van der Waals surface area contributed by atoms with E-state index in [-0.39, 0.29) is 0 Å². The van der Waals surface area contributed by atoms with Gasteiger partial charge in [-0.25, -0.2) is 4.98 Å². The Labute approximate surface area is 103 Å². The molecule has 0 bridgehead atoms. The molecule has 3 rings (SSSR count). The van der Waals surface area contributed by atoms with E-state index in [4.69, 9.17) is 10.7 Å². The minimum Gasteiger partial charge on any atom is -0.330 e. The molecule has 3 atom stereocenters. The first-order valence-electron chi connectivity index (χ1n) is 7.05. The molecule has 94 valence electrons. The molecule has 17 heavy (non-hydrogen) atoms. The van der Waals surface area contributed by atoms with E-state index in [0.29, 0.717) is 17.9 Å². The third-order valence-corrected chi connectivity index (χ3v) is 4.49. The van der Waals surface area contributed by atoms with Crippen LogP contribution in [0.3, 0.4) is 0 Å². The third kappa shape index (κ3) is 1.71. The molecule has 0 aromatic carbocycles. The SMILES string of the molecule is CCC1CCCc2c1nc1n2CC(N)CC1C. The van der Waals surface area contributed by atoms with Crippen LogP contribution in [0.1, 0.15) is 68.6 Å². The van der Waals surface area contributed by atoms with Gasteiger partial charge in [0, 0.05) is 30.1 Å². The molecule has 3 unspecified atom stereocenters. The molecule has 0 radical (unpaired) electrons. The van der Waals surface area contributed by atoms with Gasteiger partial charge in [-0.1, -0.05) is 13.8 Å². The largest absolute Gasteiger partial charge is 0.330 e. The highest BCUT2D eigenvalue weighted by atomic mass is 15.1. The van der Waals surface area contributed by atoms with Gasteiger partial charge in [-0.3, -0.25) is 0 Å². The predicted octanol–water partition coefficient (Wildman–Crippen LogP) is 2.55. The summed E-state index contributed by atoms with van der Waals surface area (Å²) in [6.45, 7) is 5.54. The molecule has 1 aromatic heterocycles. The number of aromatic nitrogens is 2. The van der Waals surface area contributed by atoms with Crippen molar-refractivity contribution < 1.29 is 0 Å². The van der Waals surface area contributed by atoms with E-state index in [1.807, 2.05) is 0 Å². The fourth-order valence-electron chi connectivity index (χ4n) is 3.61. The van der Waals surface area contributed by atoms with Crippen molar-refractivity contribution >= 4 is 0 Å². The van der Waals surface area contributed by atoms with Crippen molar-refractivity contribution in [1.82, 2.24) is 9.55 Å². The van der Waals surface area contributed by atoms with E-state index >= 15 is 0 Å². The van der Waals surface area contributed by atoms with Crippen LogP contribution in [0.2, 0.25) is 0 Å². The summed E-state index contributed by atoms with van der Waals surface area (Å²) in [7, 11) is 0. The lowest BCUT2D eigenvalue weighted by Crippen LogP contribution is -2.34. The van der Waals surface area contributed by atoms with Gasteiger partial charge in [-0.05, 0) is 32.1 Å². The van der Waals surface area contributed by atoms with E-state index in [9.17, 15) is 0 Å². The lowest BCUT2D eigenvalue weighted by atomic mass is 9.88. The van der Waals surface area contributed by atoms with Gasteiger partial charge in [-0.15, -0.1) is 0 Å². The van der Waals surface area contributed by atoms with Gasteiger partial charge in [0.25, 0.3) is 0 Å². The smallest absolute Gasteiger partial charge is 0.112 e. The average molecular weight is 233 g/mol. The molecule has 2 aliphatic rings. The summed E-state index contributed by atoms with van der Waals surface area (Å²) >= 11 is 0. The highest BCUT2D eigenvalue weighted by Crippen LogP contribution is 2.37. The second-order valence-electron chi connectivity index (χ2n) is 5.81. The lowest BCUT2D eigenvalue weighted by Gasteiger charge is -2.28. The van der Waals surface area contributed by atoms with Crippen molar-refractivity contribution in [2.24, 2.45) is 5.73 Å². The van der Waals surface area contributed by atoms with Crippen LogP contribution in [-0.2, 0) is 13.0 Å². The summed E-state index contributed by atoms with van der Waals surface area (Å²) in [4.78, 5) is 4.97. The fourth-order valence-corrected chi connectivity index (χ4v) is 3.61. The first kappa shape index (κ1) is 11.3. The maximum absolute atomic E-state index is 6.15. The monoisotopic (exact) mass is 233 g/mol. The van der Waals surface area contributed by atoms with E-state index in [1.165, 1.54) is 42.9 Å². The van der Waals surface area contributed by atoms with Crippen LogP contribution in [0.5, 0.6) is 0 Å². The second kappa shape index (κ2) is 4.13. The fraction of sp³-hybridized carbons (Fsp3) is 0.786. The zero-order valence-electron chi connectivity index (χ0n) is 10.9. The number of rotatable bonds is 1. The number of nitrogens with zero attached hydrogens (tertiary/aromatic N) is 2. The molecule has 0 saturated heterocycles. The van der Waals surface area contributed by atoms with Crippen LogP contribution in [0, 0.1) is 0 Å². The number of fused-ring (bicyclic) bond motifs is 3. The Morgan fingerprint density at radius 2 is 2.29 bits per heavy atom. The first-order valence-corrected chi connectivity index (χ1v) is 7.05. The molecule has 3 heteroatoms. The summed E-state index contributed by atoms with van der Waals surface area (Å²) in [6, 6.07) is 0.317. The lowest BCUT2D eigenvalue weighted by molar-refractivity contribution is 0.397. The third-order valence-electron chi connectivity index (χ3n) is 4.49. The number of hydrogen-bond acceptors (Lipinski definition) is 2. The van der Waals surface area contributed by atoms with Gasteiger partial charge in [0.15, 0.2) is 0 Å². The number of imidazole rings is 1. The molecule has 3 nitrogen and oxygen atoms in total. The predicted molar refractivity (Wildman–Crippen MR) is 69.2 cm³/mol. The molecule has 2 N–H and O–H groups in total. The normalized spacial score (nSPS) is 32.1. The molecule has 0 saturated carbocycles. The van der Waals surface area contributed by atoms with E-state index < -0.39 is 0 Å². The Kier molecular flexibility index (Phi) is 2.74. The summed E-state index contributed by atoms with van der Waals surface area (Å²) in [5, 5.41) is 0. The summed E-state index contributed by atoms with van der Waals surface area (Å²) in [6.07, 6.45) is 6.16. The van der Waals surface area contributed by atoms with Crippen LogP contribution < -0.4 is 5.73 Å². The zero-order chi connectivity index (χ0) is 12.0. The maximum Gasteiger partial charge on any atom is 0.112 e. The zero-order valence-corrected chi connectivity index (χ0v) is 10.9. The van der Waals surface area contributed by atoms with Gasteiger partial charge in [0.1, 0.15) is 5.82 Å². The molecule has 1 aromatic rings. The number of hydrogen-bond donors (Lipinski definition) is 1. The minimum atomic E-state index is 0.317. The standard InChI is InChI=1S/C14H23N3/c1-3-10-5-4-6-12-13(10)16-14-9(2)7-11(15)8-17(12)14/h9-11H,3-8,15H2,1-2H3. The molecule has 0 spiro atoms. The van der Waals surface area contributed by atoms with Crippen LogP contribution >= 0.6 is 0 Å². The molecule has 2 heterocycles. The molecule has 1 aliphatic carbocycles. The first-order chi connectivity index (χ1) is 8.20. The Bertz CT molecular complexity index is 421. The van der Waals surface area contributed by atoms with Crippen molar-refractivity contribution in [2.75, 3.05) is 0 Å². The Morgan fingerprint density at radius 1 is 1.47 bits per heavy atom. The van der Waals surface area contributed by atoms with Crippen LogP contribution in [-0.4, -0.2) is 15.6 Å². The van der Waals surface area contributed by atoms with Crippen LogP contribution in [0.25, 0.3) is 0 Å². The highest BCUT2D eigenvalue weighted by Gasteiger charge is 2.31. The maximum atomic E-state index is 6.15. The average Bonchev–Trinajstić information content (AvgIpc) is 2.68. The number of nitrogens with two attached hydrogens (primary N) is 1.